The summed E-state index contributed by atoms with van der Waals surface area (Å²) in [4.78, 5) is 28.4. The van der Waals surface area contributed by atoms with Crippen molar-refractivity contribution in [2.45, 2.75) is 38.3 Å². The van der Waals surface area contributed by atoms with Crippen LogP contribution in [0.25, 0.3) is 0 Å². The zero-order chi connectivity index (χ0) is 16.1. The number of aromatic nitrogens is 1. The molecule has 1 aliphatic rings. The van der Waals surface area contributed by atoms with Crippen LogP contribution >= 0.6 is 0 Å². The van der Waals surface area contributed by atoms with Crippen LogP contribution in [0, 0.1) is 0 Å². The first kappa shape index (κ1) is 15.3. The molecule has 0 unspecified atom stereocenters. The molecule has 0 radical (unpaired) electrons. The molecule has 0 aliphatic heterocycles. The van der Waals surface area contributed by atoms with Crippen molar-refractivity contribution in [1.82, 2.24) is 15.6 Å². The Kier molecular flexibility index (Phi) is 4.71. The molecule has 0 bridgehead atoms. The number of rotatable bonds is 5. The number of hydrogen-bond donors (Lipinski definition) is 2. The molecule has 1 saturated carbocycles. The van der Waals surface area contributed by atoms with Crippen LogP contribution < -0.4 is 10.6 Å². The molecule has 3 rings (SSSR count). The van der Waals surface area contributed by atoms with Gasteiger partial charge in [0.15, 0.2) is 0 Å². The summed E-state index contributed by atoms with van der Waals surface area (Å²) in [7, 11) is 0. The van der Waals surface area contributed by atoms with E-state index in [1.807, 2.05) is 0 Å². The predicted octanol–water partition coefficient (Wildman–Crippen LogP) is 2.28. The third-order valence-electron chi connectivity index (χ3n) is 3.95. The molecule has 2 N–H and O–H groups in total. The molecular weight excluding hydrogens is 294 g/mol. The highest BCUT2D eigenvalue weighted by Gasteiger charge is 2.19. The van der Waals surface area contributed by atoms with Crippen molar-refractivity contribution in [3.63, 3.8) is 0 Å². The number of nitrogens with one attached hydrogen (secondary N) is 2. The van der Waals surface area contributed by atoms with E-state index in [-0.39, 0.29) is 30.1 Å². The maximum absolute atomic E-state index is 12.2. The van der Waals surface area contributed by atoms with Crippen LogP contribution in [0.5, 0.6) is 0 Å². The molecule has 0 atom stereocenters. The van der Waals surface area contributed by atoms with Crippen LogP contribution in [0.2, 0.25) is 0 Å². The van der Waals surface area contributed by atoms with Gasteiger partial charge < -0.3 is 15.1 Å². The second-order valence-corrected chi connectivity index (χ2v) is 5.65. The number of carbonyl (C=O) groups excluding carboxylic acids is 2. The average molecular weight is 313 g/mol. The predicted molar refractivity (Wildman–Crippen MR) is 83.8 cm³/mol. The van der Waals surface area contributed by atoms with Gasteiger partial charge in [-0.2, -0.15) is 0 Å². The number of amides is 2. The Balaban J connectivity index is 1.61. The molecule has 0 aromatic carbocycles. The van der Waals surface area contributed by atoms with Gasteiger partial charge in [-0.1, -0.05) is 12.8 Å². The second-order valence-electron chi connectivity index (χ2n) is 5.65. The molecule has 23 heavy (non-hydrogen) atoms. The first-order chi connectivity index (χ1) is 11.2. The Bertz CT molecular complexity index is 676. The minimum Gasteiger partial charge on any atom is -0.467 e. The molecule has 1 aliphatic carbocycles. The minimum absolute atomic E-state index is 0.153. The van der Waals surface area contributed by atoms with E-state index < -0.39 is 0 Å². The van der Waals surface area contributed by atoms with Crippen molar-refractivity contribution >= 4 is 11.8 Å². The summed E-state index contributed by atoms with van der Waals surface area (Å²) in [5.74, 6) is 0.171. The zero-order valence-corrected chi connectivity index (χ0v) is 12.7. The molecule has 2 heterocycles. The summed E-state index contributed by atoms with van der Waals surface area (Å²) in [6.45, 7) is 0.284. The molecule has 0 spiro atoms. The maximum atomic E-state index is 12.2. The largest absolute Gasteiger partial charge is 0.467 e. The highest BCUT2D eigenvalue weighted by molar-refractivity contribution is 5.98. The molecule has 2 amide bonds. The van der Waals surface area contributed by atoms with Crippen molar-refractivity contribution in [3.05, 3.63) is 53.7 Å². The molecule has 1 fully saturated rings. The lowest BCUT2D eigenvalue weighted by atomic mass is 10.2. The van der Waals surface area contributed by atoms with Crippen molar-refractivity contribution < 1.29 is 14.0 Å². The lowest BCUT2D eigenvalue weighted by Gasteiger charge is -2.12. The molecule has 6 nitrogen and oxygen atoms in total. The molecular formula is C17H19N3O3. The van der Waals surface area contributed by atoms with Gasteiger partial charge in [0, 0.05) is 17.8 Å². The van der Waals surface area contributed by atoms with Gasteiger partial charge in [0.1, 0.15) is 11.5 Å². The third-order valence-corrected chi connectivity index (χ3v) is 3.95. The number of carbonyl (C=O) groups is 2. The van der Waals surface area contributed by atoms with Crippen LogP contribution in [0.1, 0.15) is 52.3 Å². The van der Waals surface area contributed by atoms with E-state index >= 15 is 0 Å². The van der Waals surface area contributed by atoms with Gasteiger partial charge in [-0.3, -0.25) is 14.6 Å². The number of hydrogen-bond acceptors (Lipinski definition) is 4. The Morgan fingerprint density at radius 2 is 2.04 bits per heavy atom. The third kappa shape index (κ3) is 3.97. The summed E-state index contributed by atoms with van der Waals surface area (Å²) < 4.78 is 5.16. The lowest BCUT2D eigenvalue weighted by Crippen LogP contribution is -2.33. The molecule has 2 aromatic rings. The molecule has 2 aromatic heterocycles. The van der Waals surface area contributed by atoms with E-state index in [1.54, 1.807) is 24.5 Å². The van der Waals surface area contributed by atoms with Crippen LogP contribution in [0.15, 0.2) is 41.1 Å². The normalized spacial score (nSPS) is 14.6. The summed E-state index contributed by atoms with van der Waals surface area (Å²) >= 11 is 0. The first-order valence-corrected chi connectivity index (χ1v) is 7.80. The van der Waals surface area contributed by atoms with Crippen LogP contribution in [0.3, 0.4) is 0 Å². The number of nitrogens with zero attached hydrogens (tertiary/aromatic N) is 1. The van der Waals surface area contributed by atoms with E-state index in [2.05, 4.69) is 15.6 Å². The summed E-state index contributed by atoms with van der Waals surface area (Å²) in [5.41, 5.74) is 0.672. The van der Waals surface area contributed by atoms with E-state index in [0.717, 1.165) is 25.7 Å². The standard InChI is InChI=1S/C17H19N3O3/c21-16(20-13-4-1-2-5-13)12-7-8-18-15(10-12)17(22)19-11-14-6-3-9-23-14/h3,6-10,13H,1-2,4-5,11H2,(H,19,22)(H,20,21). The fourth-order valence-corrected chi connectivity index (χ4v) is 2.71. The highest BCUT2D eigenvalue weighted by atomic mass is 16.3. The monoisotopic (exact) mass is 313 g/mol. The Hall–Kier alpha value is -2.63. The van der Waals surface area contributed by atoms with Crippen molar-refractivity contribution in [2.24, 2.45) is 0 Å². The molecule has 0 saturated heterocycles. The summed E-state index contributed by atoms with van der Waals surface area (Å²) in [6.07, 6.45) is 7.38. The van der Waals surface area contributed by atoms with Crippen molar-refractivity contribution in [1.29, 1.82) is 0 Å². The van der Waals surface area contributed by atoms with Crippen LogP contribution in [0.4, 0.5) is 0 Å². The SMILES string of the molecule is O=C(NC1CCCC1)c1ccnc(C(=O)NCc2ccco2)c1. The Morgan fingerprint density at radius 3 is 2.78 bits per heavy atom. The van der Waals surface area contributed by atoms with Crippen LogP contribution in [-0.2, 0) is 6.54 Å². The van der Waals surface area contributed by atoms with Crippen molar-refractivity contribution in [2.75, 3.05) is 0 Å². The number of pyridine rings is 1. The van der Waals surface area contributed by atoms with Gasteiger partial charge in [-0.05, 0) is 37.1 Å². The van der Waals surface area contributed by atoms with E-state index in [4.69, 9.17) is 4.42 Å². The Morgan fingerprint density at radius 1 is 1.22 bits per heavy atom. The van der Waals surface area contributed by atoms with Gasteiger partial charge >= 0.3 is 0 Å². The second kappa shape index (κ2) is 7.09. The fraction of sp³-hybridized carbons (Fsp3) is 0.353. The van der Waals surface area contributed by atoms with Crippen molar-refractivity contribution in [3.8, 4) is 0 Å². The topological polar surface area (TPSA) is 84.2 Å². The smallest absolute Gasteiger partial charge is 0.270 e. The fourth-order valence-electron chi connectivity index (χ4n) is 2.71. The quantitative estimate of drug-likeness (QED) is 0.887. The average Bonchev–Trinajstić information content (AvgIpc) is 3.26. The summed E-state index contributed by atoms with van der Waals surface area (Å²) in [5, 5.41) is 5.72. The Labute approximate surface area is 134 Å². The highest BCUT2D eigenvalue weighted by Crippen LogP contribution is 2.18. The van der Waals surface area contributed by atoms with Crippen LogP contribution in [-0.4, -0.2) is 22.8 Å². The van der Waals surface area contributed by atoms with Gasteiger partial charge in [0.05, 0.1) is 12.8 Å². The van der Waals surface area contributed by atoms with Gasteiger partial charge in [-0.25, -0.2) is 0 Å². The molecule has 6 heteroatoms. The van der Waals surface area contributed by atoms with E-state index in [0.29, 0.717) is 11.3 Å². The van der Waals surface area contributed by atoms with Gasteiger partial charge in [0.2, 0.25) is 0 Å². The summed E-state index contributed by atoms with van der Waals surface area (Å²) in [6, 6.07) is 6.91. The van der Waals surface area contributed by atoms with E-state index in [9.17, 15) is 9.59 Å². The minimum atomic E-state index is -0.336. The number of furan rings is 1. The van der Waals surface area contributed by atoms with Gasteiger partial charge in [0.25, 0.3) is 11.8 Å². The zero-order valence-electron chi connectivity index (χ0n) is 12.7. The maximum Gasteiger partial charge on any atom is 0.270 e. The lowest BCUT2D eigenvalue weighted by molar-refractivity contribution is 0.0937. The molecule has 120 valence electrons. The first-order valence-electron chi connectivity index (χ1n) is 7.80. The van der Waals surface area contributed by atoms with Gasteiger partial charge in [-0.15, -0.1) is 0 Å². The van der Waals surface area contributed by atoms with E-state index in [1.165, 1.54) is 12.3 Å².